The molecule has 7 heteroatoms. The minimum Gasteiger partial charge on any atom is -0.354 e. The van der Waals surface area contributed by atoms with Crippen molar-refractivity contribution in [2.45, 2.75) is 19.3 Å². The van der Waals surface area contributed by atoms with Crippen LogP contribution < -0.4 is 20.9 Å². The van der Waals surface area contributed by atoms with Gasteiger partial charge in [0.1, 0.15) is 5.82 Å². The normalized spacial score (nSPS) is 16.3. The lowest BCUT2D eigenvalue weighted by Gasteiger charge is -2.30. The Hall–Kier alpha value is -2.67. The Bertz CT molecular complexity index is 816. The summed E-state index contributed by atoms with van der Waals surface area (Å²) in [5.41, 5.74) is 4.60. The van der Waals surface area contributed by atoms with Crippen molar-refractivity contribution in [3.8, 4) is 11.3 Å². The summed E-state index contributed by atoms with van der Waals surface area (Å²) in [6.07, 6.45) is 3.06. The van der Waals surface area contributed by atoms with Crippen LogP contribution in [-0.4, -0.2) is 49.2 Å². The van der Waals surface area contributed by atoms with E-state index >= 15 is 0 Å². The molecule has 2 aliphatic rings. The standard InChI is InChI=1S/C19H24N6O/c1-20-19(26)24-18-22-16-14-7-3-2-5-13(14)6-4-8-15(16)17(23-18)25-11-9-21-10-12-25/h2-3,5,7,21H,4,6,8-12H2,1H3,(H2,20,22,23,24,26). The Labute approximate surface area is 153 Å². The first-order valence-corrected chi connectivity index (χ1v) is 9.20. The predicted molar refractivity (Wildman–Crippen MR) is 103 cm³/mol. The number of fused-ring (bicyclic) bond motifs is 3. The Morgan fingerprint density at radius 1 is 1.15 bits per heavy atom. The molecule has 3 N–H and O–H groups in total. The van der Waals surface area contributed by atoms with Crippen molar-refractivity contribution in [2.24, 2.45) is 0 Å². The van der Waals surface area contributed by atoms with Crippen LogP contribution in [0.5, 0.6) is 0 Å². The van der Waals surface area contributed by atoms with Crippen molar-refractivity contribution in [3.63, 3.8) is 0 Å². The molecular weight excluding hydrogens is 328 g/mol. The minimum atomic E-state index is -0.307. The van der Waals surface area contributed by atoms with E-state index in [-0.39, 0.29) is 6.03 Å². The third kappa shape index (κ3) is 3.22. The number of rotatable bonds is 2. The smallest absolute Gasteiger partial charge is 0.321 e. The van der Waals surface area contributed by atoms with Gasteiger partial charge >= 0.3 is 6.03 Å². The number of urea groups is 1. The van der Waals surface area contributed by atoms with Gasteiger partial charge in [-0.05, 0) is 24.8 Å². The zero-order valence-electron chi connectivity index (χ0n) is 15.0. The van der Waals surface area contributed by atoms with E-state index in [0.29, 0.717) is 5.95 Å². The van der Waals surface area contributed by atoms with E-state index in [9.17, 15) is 4.79 Å². The molecule has 0 bridgehead atoms. The van der Waals surface area contributed by atoms with Gasteiger partial charge in [-0.25, -0.2) is 9.78 Å². The van der Waals surface area contributed by atoms with Crippen LogP contribution in [0, 0.1) is 0 Å². The van der Waals surface area contributed by atoms with Crippen molar-refractivity contribution in [1.29, 1.82) is 0 Å². The van der Waals surface area contributed by atoms with Crippen LogP contribution in [0.15, 0.2) is 24.3 Å². The van der Waals surface area contributed by atoms with Crippen molar-refractivity contribution in [3.05, 3.63) is 35.4 Å². The Morgan fingerprint density at radius 3 is 2.77 bits per heavy atom. The first kappa shape index (κ1) is 16.8. The van der Waals surface area contributed by atoms with Crippen LogP contribution in [0.25, 0.3) is 11.3 Å². The summed E-state index contributed by atoms with van der Waals surface area (Å²) in [4.78, 5) is 23.6. The lowest BCUT2D eigenvalue weighted by atomic mass is 10.0. The van der Waals surface area contributed by atoms with Crippen LogP contribution >= 0.6 is 0 Å². The fourth-order valence-electron chi connectivity index (χ4n) is 3.71. The number of hydrogen-bond acceptors (Lipinski definition) is 5. The summed E-state index contributed by atoms with van der Waals surface area (Å²) < 4.78 is 0. The molecule has 4 rings (SSSR count). The number of carbonyl (C=O) groups excluding carboxylic acids is 1. The maximum Gasteiger partial charge on any atom is 0.321 e. The highest BCUT2D eigenvalue weighted by molar-refractivity contribution is 5.88. The fourth-order valence-corrected chi connectivity index (χ4v) is 3.71. The molecule has 0 atom stereocenters. The number of nitrogens with zero attached hydrogens (tertiary/aromatic N) is 3. The Kier molecular flexibility index (Phi) is 4.71. The molecule has 2 amide bonds. The number of benzene rings is 1. The number of aryl methyl sites for hydroxylation is 1. The first-order chi connectivity index (χ1) is 12.8. The number of aromatic nitrogens is 2. The van der Waals surface area contributed by atoms with Gasteiger partial charge < -0.3 is 15.5 Å². The number of hydrogen-bond donors (Lipinski definition) is 3. The van der Waals surface area contributed by atoms with Gasteiger partial charge in [0.2, 0.25) is 5.95 Å². The SMILES string of the molecule is CNC(=O)Nc1nc2c(c(N3CCNCC3)n1)CCCc1ccccc1-2. The number of anilines is 2. The molecule has 0 unspecified atom stereocenters. The highest BCUT2D eigenvalue weighted by atomic mass is 16.2. The van der Waals surface area contributed by atoms with Crippen molar-refractivity contribution >= 4 is 17.8 Å². The maximum atomic E-state index is 11.8. The average molecular weight is 352 g/mol. The number of amides is 2. The summed E-state index contributed by atoms with van der Waals surface area (Å²) in [5.74, 6) is 1.31. The van der Waals surface area contributed by atoms with E-state index in [0.717, 1.165) is 62.5 Å². The predicted octanol–water partition coefficient (Wildman–Crippen LogP) is 1.79. The number of piperazine rings is 1. The highest BCUT2D eigenvalue weighted by Crippen LogP contribution is 2.36. The van der Waals surface area contributed by atoms with E-state index in [2.05, 4.69) is 39.0 Å². The van der Waals surface area contributed by atoms with Gasteiger partial charge in [-0.15, -0.1) is 0 Å². The van der Waals surface area contributed by atoms with E-state index in [1.807, 2.05) is 6.07 Å². The molecule has 1 aromatic heterocycles. The molecule has 2 aromatic rings. The van der Waals surface area contributed by atoms with E-state index in [1.54, 1.807) is 7.05 Å². The van der Waals surface area contributed by atoms with Gasteiger partial charge in [0, 0.05) is 44.4 Å². The zero-order valence-corrected chi connectivity index (χ0v) is 15.0. The molecular formula is C19H24N6O. The second kappa shape index (κ2) is 7.29. The molecule has 1 aliphatic carbocycles. The molecule has 1 saturated heterocycles. The average Bonchev–Trinajstić information content (AvgIpc) is 2.87. The minimum absolute atomic E-state index is 0.307. The van der Waals surface area contributed by atoms with Gasteiger partial charge in [0.05, 0.1) is 5.69 Å². The fraction of sp³-hybridized carbons (Fsp3) is 0.421. The zero-order chi connectivity index (χ0) is 17.9. The summed E-state index contributed by atoms with van der Waals surface area (Å²) in [5, 5.41) is 8.71. The molecule has 1 fully saturated rings. The second-order valence-electron chi connectivity index (χ2n) is 6.65. The third-order valence-electron chi connectivity index (χ3n) is 5.00. The molecule has 0 radical (unpaired) electrons. The van der Waals surface area contributed by atoms with E-state index < -0.39 is 0 Å². The molecule has 1 aromatic carbocycles. The molecule has 0 saturated carbocycles. The van der Waals surface area contributed by atoms with Gasteiger partial charge in [-0.3, -0.25) is 5.32 Å². The lowest BCUT2D eigenvalue weighted by Crippen LogP contribution is -2.44. The van der Waals surface area contributed by atoms with Gasteiger partial charge in [-0.1, -0.05) is 24.3 Å². The van der Waals surface area contributed by atoms with Crippen LogP contribution in [0.4, 0.5) is 16.6 Å². The third-order valence-corrected chi connectivity index (χ3v) is 5.00. The van der Waals surface area contributed by atoms with Crippen LogP contribution in [0.2, 0.25) is 0 Å². The number of carbonyl (C=O) groups is 1. The molecule has 1 aliphatic heterocycles. The monoisotopic (exact) mass is 352 g/mol. The summed E-state index contributed by atoms with van der Waals surface area (Å²) in [6, 6.07) is 8.11. The molecule has 7 nitrogen and oxygen atoms in total. The van der Waals surface area contributed by atoms with Crippen LogP contribution in [0.3, 0.4) is 0 Å². The lowest BCUT2D eigenvalue weighted by molar-refractivity contribution is 0.254. The summed E-state index contributed by atoms with van der Waals surface area (Å²) >= 11 is 0. The topological polar surface area (TPSA) is 82.2 Å². The van der Waals surface area contributed by atoms with Crippen molar-refractivity contribution < 1.29 is 4.79 Å². The largest absolute Gasteiger partial charge is 0.354 e. The first-order valence-electron chi connectivity index (χ1n) is 9.20. The summed E-state index contributed by atoms with van der Waals surface area (Å²) in [7, 11) is 1.59. The summed E-state index contributed by atoms with van der Waals surface area (Å²) in [6.45, 7) is 3.69. The molecule has 0 spiro atoms. The van der Waals surface area contributed by atoms with Gasteiger partial charge in [-0.2, -0.15) is 4.98 Å². The molecule has 2 heterocycles. The Morgan fingerprint density at radius 2 is 1.96 bits per heavy atom. The van der Waals surface area contributed by atoms with E-state index in [4.69, 9.17) is 9.97 Å². The maximum absolute atomic E-state index is 11.8. The quantitative estimate of drug-likeness (QED) is 0.768. The molecule has 26 heavy (non-hydrogen) atoms. The van der Waals surface area contributed by atoms with Crippen LogP contribution in [0.1, 0.15) is 17.5 Å². The van der Waals surface area contributed by atoms with Gasteiger partial charge in [0.25, 0.3) is 0 Å². The second-order valence-corrected chi connectivity index (χ2v) is 6.65. The molecule has 136 valence electrons. The van der Waals surface area contributed by atoms with E-state index in [1.165, 1.54) is 11.1 Å². The highest BCUT2D eigenvalue weighted by Gasteiger charge is 2.25. The van der Waals surface area contributed by atoms with Crippen molar-refractivity contribution in [1.82, 2.24) is 20.6 Å². The van der Waals surface area contributed by atoms with Crippen molar-refractivity contribution in [2.75, 3.05) is 43.4 Å². The number of nitrogens with one attached hydrogen (secondary N) is 3. The Balaban J connectivity index is 1.86. The van der Waals surface area contributed by atoms with Crippen LogP contribution in [-0.2, 0) is 12.8 Å². The van der Waals surface area contributed by atoms with Gasteiger partial charge in [0.15, 0.2) is 0 Å².